The number of piperidine rings is 1. The van der Waals surface area contributed by atoms with E-state index in [9.17, 15) is 0 Å². The van der Waals surface area contributed by atoms with Crippen LogP contribution in [-0.2, 0) is 6.54 Å². The van der Waals surface area contributed by atoms with Crippen molar-refractivity contribution in [3.8, 4) is 0 Å². The number of rotatable bonds is 5. The molecule has 2 rings (SSSR count). The van der Waals surface area contributed by atoms with E-state index in [0.29, 0.717) is 5.92 Å². The summed E-state index contributed by atoms with van der Waals surface area (Å²) in [5.41, 5.74) is 8.51. The number of nitrogens with zero attached hydrogens (tertiary/aromatic N) is 1. The Morgan fingerprint density at radius 2 is 2.05 bits per heavy atom. The molecule has 0 amide bonds. The Bertz CT molecular complexity index is 371. The summed E-state index contributed by atoms with van der Waals surface area (Å²) in [5.74, 6) is 1.37. The van der Waals surface area contributed by atoms with E-state index in [1.807, 2.05) is 0 Å². The van der Waals surface area contributed by atoms with Gasteiger partial charge in [0.25, 0.3) is 0 Å². The van der Waals surface area contributed by atoms with Gasteiger partial charge in [-0.3, -0.25) is 4.90 Å². The summed E-state index contributed by atoms with van der Waals surface area (Å²) in [4.78, 5) is 2.61. The fraction of sp³-hybridized carbons (Fsp3) is 0.647. The van der Waals surface area contributed by atoms with E-state index in [-0.39, 0.29) is 0 Å². The highest BCUT2D eigenvalue weighted by Crippen LogP contribution is 2.21. The molecule has 1 aromatic carbocycles. The van der Waals surface area contributed by atoms with E-state index in [1.54, 1.807) is 0 Å². The average Bonchev–Trinajstić information content (AvgIpc) is 2.47. The molecule has 0 aromatic heterocycles. The lowest BCUT2D eigenvalue weighted by Crippen LogP contribution is -2.34. The lowest BCUT2D eigenvalue weighted by atomic mass is 9.95. The second-order valence-electron chi connectivity index (χ2n) is 6.03. The van der Waals surface area contributed by atoms with Gasteiger partial charge in [-0.05, 0) is 48.9 Å². The normalized spacial score (nSPS) is 22.4. The van der Waals surface area contributed by atoms with Gasteiger partial charge in [0, 0.05) is 13.1 Å². The molecule has 1 aliphatic heterocycles. The van der Waals surface area contributed by atoms with Gasteiger partial charge in [0.05, 0.1) is 0 Å². The first-order valence-electron chi connectivity index (χ1n) is 7.74. The van der Waals surface area contributed by atoms with Crippen molar-refractivity contribution in [1.29, 1.82) is 0 Å². The molecule has 2 nitrogen and oxygen atoms in total. The van der Waals surface area contributed by atoms with Crippen LogP contribution >= 0.6 is 0 Å². The van der Waals surface area contributed by atoms with Crippen molar-refractivity contribution in [2.75, 3.05) is 19.6 Å². The third-order valence-corrected chi connectivity index (χ3v) is 4.49. The van der Waals surface area contributed by atoms with Gasteiger partial charge in [0.2, 0.25) is 0 Å². The van der Waals surface area contributed by atoms with Gasteiger partial charge in [-0.2, -0.15) is 0 Å². The van der Waals surface area contributed by atoms with Crippen LogP contribution in [-0.4, -0.2) is 24.5 Å². The number of hydrogen-bond donors (Lipinski definition) is 1. The Labute approximate surface area is 118 Å². The molecule has 2 N–H and O–H groups in total. The van der Waals surface area contributed by atoms with Crippen LogP contribution in [0.1, 0.15) is 50.2 Å². The number of nitrogens with two attached hydrogens (primary N) is 1. The predicted octanol–water partition coefficient (Wildman–Crippen LogP) is 3.37. The van der Waals surface area contributed by atoms with Crippen LogP contribution in [0.2, 0.25) is 0 Å². The minimum Gasteiger partial charge on any atom is -0.330 e. The maximum atomic E-state index is 5.71. The molecule has 19 heavy (non-hydrogen) atoms. The predicted molar refractivity (Wildman–Crippen MR) is 82.2 cm³/mol. The highest BCUT2D eigenvalue weighted by atomic mass is 15.1. The lowest BCUT2D eigenvalue weighted by Gasteiger charge is -2.32. The molecule has 0 aliphatic carbocycles. The molecule has 0 saturated carbocycles. The molecule has 1 saturated heterocycles. The minimum atomic E-state index is 0.466. The Hall–Kier alpha value is -0.860. The van der Waals surface area contributed by atoms with Crippen molar-refractivity contribution in [2.45, 2.75) is 45.6 Å². The maximum absolute atomic E-state index is 5.71. The van der Waals surface area contributed by atoms with Crippen LogP contribution in [0.3, 0.4) is 0 Å². The molecule has 0 radical (unpaired) electrons. The van der Waals surface area contributed by atoms with Crippen molar-refractivity contribution in [2.24, 2.45) is 11.7 Å². The molecule has 1 aromatic rings. The molecule has 2 atom stereocenters. The van der Waals surface area contributed by atoms with E-state index < -0.39 is 0 Å². The van der Waals surface area contributed by atoms with E-state index in [2.05, 4.69) is 43.0 Å². The third kappa shape index (κ3) is 4.05. The van der Waals surface area contributed by atoms with Gasteiger partial charge < -0.3 is 5.73 Å². The third-order valence-electron chi connectivity index (χ3n) is 4.49. The largest absolute Gasteiger partial charge is 0.330 e. The molecule has 2 unspecified atom stereocenters. The summed E-state index contributed by atoms with van der Waals surface area (Å²) in [7, 11) is 0. The molecule has 1 heterocycles. The van der Waals surface area contributed by atoms with Crippen LogP contribution in [0, 0.1) is 5.92 Å². The van der Waals surface area contributed by atoms with E-state index in [1.165, 1.54) is 43.5 Å². The van der Waals surface area contributed by atoms with Crippen molar-refractivity contribution in [3.05, 3.63) is 35.4 Å². The number of hydrogen-bond acceptors (Lipinski definition) is 2. The summed E-state index contributed by atoms with van der Waals surface area (Å²) in [5, 5.41) is 0. The van der Waals surface area contributed by atoms with E-state index >= 15 is 0 Å². The summed E-state index contributed by atoms with van der Waals surface area (Å²) < 4.78 is 0. The zero-order chi connectivity index (χ0) is 13.7. The molecule has 0 bridgehead atoms. The van der Waals surface area contributed by atoms with Gasteiger partial charge in [0.15, 0.2) is 0 Å². The Morgan fingerprint density at radius 3 is 2.68 bits per heavy atom. The van der Waals surface area contributed by atoms with Crippen molar-refractivity contribution >= 4 is 0 Å². The first-order valence-corrected chi connectivity index (χ1v) is 7.74. The zero-order valence-electron chi connectivity index (χ0n) is 12.4. The molecule has 2 heteroatoms. The highest BCUT2D eigenvalue weighted by molar-refractivity contribution is 5.25. The van der Waals surface area contributed by atoms with Gasteiger partial charge in [-0.25, -0.2) is 0 Å². The molecular formula is C17H28N2. The van der Waals surface area contributed by atoms with Crippen molar-refractivity contribution in [3.63, 3.8) is 0 Å². The first kappa shape index (κ1) is 14.5. The average molecular weight is 260 g/mol. The fourth-order valence-corrected chi connectivity index (χ4v) is 2.97. The van der Waals surface area contributed by atoms with E-state index in [0.717, 1.165) is 19.0 Å². The van der Waals surface area contributed by atoms with Crippen LogP contribution in [0.5, 0.6) is 0 Å². The Balaban J connectivity index is 1.92. The van der Waals surface area contributed by atoms with Crippen LogP contribution in [0.25, 0.3) is 0 Å². The zero-order valence-corrected chi connectivity index (χ0v) is 12.4. The Kier molecular flexibility index (Phi) is 5.41. The second-order valence-corrected chi connectivity index (χ2v) is 6.03. The maximum Gasteiger partial charge on any atom is 0.0233 e. The first-order chi connectivity index (χ1) is 9.22. The topological polar surface area (TPSA) is 29.3 Å². The summed E-state index contributed by atoms with van der Waals surface area (Å²) in [6.07, 6.45) is 4.10. The van der Waals surface area contributed by atoms with Crippen molar-refractivity contribution in [1.82, 2.24) is 4.90 Å². The van der Waals surface area contributed by atoms with E-state index in [4.69, 9.17) is 5.73 Å². The minimum absolute atomic E-state index is 0.466. The summed E-state index contributed by atoms with van der Waals surface area (Å²) >= 11 is 0. The van der Waals surface area contributed by atoms with Gasteiger partial charge in [-0.1, -0.05) is 44.5 Å². The van der Waals surface area contributed by atoms with Crippen LogP contribution in [0.4, 0.5) is 0 Å². The number of likely N-dealkylation sites (tertiary alicyclic amines) is 1. The smallest absolute Gasteiger partial charge is 0.0233 e. The standard InChI is InChI=1S/C17H28N2/c1-3-15-5-4-10-19(12-15)13-16-6-8-17(9-7-16)14(2)11-18/h6-9,14-15H,3-5,10-13,18H2,1-2H3. The molecular weight excluding hydrogens is 232 g/mol. The summed E-state index contributed by atoms with van der Waals surface area (Å²) in [6, 6.07) is 9.04. The molecule has 0 spiro atoms. The summed E-state index contributed by atoms with van der Waals surface area (Å²) in [6.45, 7) is 8.87. The van der Waals surface area contributed by atoms with Crippen molar-refractivity contribution < 1.29 is 0 Å². The lowest BCUT2D eigenvalue weighted by molar-refractivity contribution is 0.165. The Morgan fingerprint density at radius 1 is 1.32 bits per heavy atom. The molecule has 1 aliphatic rings. The molecule has 106 valence electrons. The second kappa shape index (κ2) is 7.06. The van der Waals surface area contributed by atoms with Gasteiger partial charge in [0.1, 0.15) is 0 Å². The highest BCUT2D eigenvalue weighted by Gasteiger charge is 2.18. The fourth-order valence-electron chi connectivity index (χ4n) is 2.97. The SMILES string of the molecule is CCC1CCCN(Cc2ccc(C(C)CN)cc2)C1. The quantitative estimate of drug-likeness (QED) is 0.879. The van der Waals surface area contributed by atoms with Gasteiger partial charge >= 0.3 is 0 Å². The number of benzene rings is 1. The monoisotopic (exact) mass is 260 g/mol. The van der Waals surface area contributed by atoms with Crippen LogP contribution < -0.4 is 5.73 Å². The van der Waals surface area contributed by atoms with Crippen LogP contribution in [0.15, 0.2) is 24.3 Å². The van der Waals surface area contributed by atoms with Gasteiger partial charge in [-0.15, -0.1) is 0 Å². The molecule has 1 fully saturated rings.